The van der Waals surface area contributed by atoms with Crippen LogP contribution in [0, 0.1) is 20.2 Å². The molecule has 0 unspecified atom stereocenters. The minimum Gasteiger partial charge on any atom is -0.422 e. The Hall–Kier alpha value is -3.52. The number of amides is 2. The van der Waals surface area contributed by atoms with Crippen molar-refractivity contribution in [1.82, 2.24) is 20.1 Å². The van der Waals surface area contributed by atoms with Crippen LogP contribution in [-0.4, -0.2) is 36.0 Å². The third-order valence-electron chi connectivity index (χ3n) is 1.42. The minimum atomic E-state index is -1.33. The Morgan fingerprint density at radius 1 is 1.42 bits per heavy atom. The molecule has 0 aliphatic carbocycles. The maximum atomic E-state index is 10.9. The van der Waals surface area contributed by atoms with Crippen LogP contribution in [0.1, 0.15) is 0 Å². The molecule has 0 aromatic carbocycles. The molecule has 0 spiro atoms. The molecule has 15 nitrogen and oxygen atoms in total. The lowest BCUT2D eigenvalue weighted by Crippen LogP contribution is -2.36. The van der Waals surface area contributed by atoms with Crippen molar-refractivity contribution in [3.63, 3.8) is 0 Å². The summed E-state index contributed by atoms with van der Waals surface area (Å²) in [4.78, 5) is 37.5. The highest BCUT2D eigenvalue weighted by Crippen LogP contribution is 1.97. The molecule has 0 aliphatic heterocycles. The molecule has 0 saturated carbocycles. The number of nitro groups is 2. The highest BCUT2D eigenvalue weighted by atomic mass is 16.7. The average Bonchev–Trinajstić information content (AvgIpc) is 2.23. The largest absolute Gasteiger partial charge is 0.422 e. The number of nitrogen functional groups attached to an aromatic ring is 1. The second kappa shape index (κ2) is 5.21. The summed E-state index contributed by atoms with van der Waals surface area (Å²) in [6.07, 6.45) is 0. The molecule has 1 heterocycles. The van der Waals surface area contributed by atoms with E-state index in [9.17, 15) is 30.2 Å². The SMILES string of the molecule is Nc1nc(NC(=O)N[N+](=O)[O-])n/c(=N\[N+](=O)[O-])n1O. The van der Waals surface area contributed by atoms with Crippen molar-refractivity contribution in [3.8, 4) is 0 Å². The van der Waals surface area contributed by atoms with Crippen LogP contribution in [0.2, 0.25) is 0 Å². The Balaban J connectivity index is 3.11. The Bertz CT molecular complexity index is 605. The van der Waals surface area contributed by atoms with Gasteiger partial charge in [-0.2, -0.15) is 9.97 Å². The van der Waals surface area contributed by atoms with E-state index in [2.05, 4.69) is 15.1 Å². The zero-order chi connectivity index (χ0) is 14.6. The molecule has 0 saturated heterocycles. The van der Waals surface area contributed by atoms with Gasteiger partial charge >= 0.3 is 11.6 Å². The van der Waals surface area contributed by atoms with Crippen molar-refractivity contribution in [3.05, 3.63) is 25.8 Å². The Kier molecular flexibility index (Phi) is 3.71. The third kappa shape index (κ3) is 3.76. The Morgan fingerprint density at radius 2 is 2.05 bits per heavy atom. The average molecular weight is 275 g/mol. The number of rotatable bonds is 3. The van der Waals surface area contributed by atoms with Crippen LogP contribution in [0.4, 0.5) is 16.7 Å². The Morgan fingerprint density at radius 3 is 2.58 bits per heavy atom. The number of nitrogens with two attached hydrogens (primary N) is 1. The summed E-state index contributed by atoms with van der Waals surface area (Å²) < 4.78 is -0.0145. The summed E-state index contributed by atoms with van der Waals surface area (Å²) >= 11 is 0. The van der Waals surface area contributed by atoms with Crippen LogP contribution in [0.5, 0.6) is 0 Å². The number of anilines is 2. The summed E-state index contributed by atoms with van der Waals surface area (Å²) in [5, 5.41) is 31.3. The second-order valence-corrected chi connectivity index (χ2v) is 2.68. The molecule has 0 fully saturated rings. The van der Waals surface area contributed by atoms with E-state index in [0.29, 0.717) is 0 Å². The van der Waals surface area contributed by atoms with Gasteiger partial charge in [0.25, 0.3) is 0 Å². The molecule has 2 amide bonds. The van der Waals surface area contributed by atoms with Crippen molar-refractivity contribution in [2.24, 2.45) is 5.10 Å². The van der Waals surface area contributed by atoms with Crippen molar-refractivity contribution in [2.75, 3.05) is 11.1 Å². The monoisotopic (exact) mass is 275 g/mol. The van der Waals surface area contributed by atoms with Crippen LogP contribution >= 0.6 is 0 Å². The summed E-state index contributed by atoms with van der Waals surface area (Å²) in [6.45, 7) is 0. The van der Waals surface area contributed by atoms with E-state index in [4.69, 9.17) is 5.73 Å². The zero-order valence-electron chi connectivity index (χ0n) is 8.75. The van der Waals surface area contributed by atoms with Crippen molar-refractivity contribution in [1.29, 1.82) is 0 Å². The molecule has 1 aromatic heterocycles. The summed E-state index contributed by atoms with van der Waals surface area (Å²) in [6, 6.07) is -1.33. The number of carbonyl (C=O) groups is 1. The van der Waals surface area contributed by atoms with Gasteiger partial charge in [-0.3, -0.25) is 5.32 Å². The molecule has 19 heavy (non-hydrogen) atoms. The van der Waals surface area contributed by atoms with Crippen molar-refractivity contribution < 1.29 is 20.1 Å². The molecule has 15 heteroatoms. The first-order valence-electron chi connectivity index (χ1n) is 4.16. The van der Waals surface area contributed by atoms with Gasteiger partial charge in [-0.1, -0.05) is 5.43 Å². The van der Waals surface area contributed by atoms with Gasteiger partial charge < -0.3 is 10.9 Å². The number of hydrogen-bond donors (Lipinski definition) is 4. The maximum absolute atomic E-state index is 10.9. The fourth-order valence-electron chi connectivity index (χ4n) is 0.831. The number of carbonyl (C=O) groups excluding carboxylic acids is 1. The normalized spacial score (nSPS) is 10.8. The number of nitrogens with zero attached hydrogens (tertiary/aromatic N) is 6. The maximum Gasteiger partial charge on any atom is 0.379 e. The van der Waals surface area contributed by atoms with E-state index < -0.39 is 33.6 Å². The number of nitrogens with one attached hydrogen (secondary N) is 2. The number of hydrazine groups is 1. The lowest BCUT2D eigenvalue weighted by atomic mass is 10.8. The van der Waals surface area contributed by atoms with Gasteiger partial charge in [-0.15, -0.1) is 4.73 Å². The first-order valence-corrected chi connectivity index (χ1v) is 4.16. The standard InChI is InChI=1S/C4H5N9O6/c5-1-6-2(8-4(14)10-13(18)19)7-3(11(1)15)9-12(16)17/h15H,(H4,5,6,7,8,9,10,14). The smallest absolute Gasteiger partial charge is 0.379 e. The van der Waals surface area contributed by atoms with Crippen LogP contribution in [0.3, 0.4) is 0 Å². The van der Waals surface area contributed by atoms with Crippen LogP contribution in [0.25, 0.3) is 0 Å². The molecule has 102 valence electrons. The quantitative estimate of drug-likeness (QED) is 0.260. The summed E-state index contributed by atoms with van der Waals surface area (Å²) in [5.74, 6) is -1.32. The van der Waals surface area contributed by atoms with Crippen molar-refractivity contribution >= 4 is 17.9 Å². The van der Waals surface area contributed by atoms with Gasteiger partial charge in [0.05, 0.1) is 0 Å². The first-order chi connectivity index (χ1) is 8.79. The fraction of sp³-hybridized carbons (Fsp3) is 0. The molecule has 0 aliphatic rings. The van der Waals surface area contributed by atoms with Crippen molar-refractivity contribution in [2.45, 2.75) is 0 Å². The van der Waals surface area contributed by atoms with E-state index in [-0.39, 0.29) is 4.73 Å². The van der Waals surface area contributed by atoms with Gasteiger partial charge in [0, 0.05) is 0 Å². The molecule has 1 rings (SSSR count). The topological polar surface area (TPSA) is 217 Å². The second-order valence-electron chi connectivity index (χ2n) is 2.68. The zero-order valence-corrected chi connectivity index (χ0v) is 8.75. The van der Waals surface area contributed by atoms with Gasteiger partial charge in [-0.05, 0) is 0 Å². The Labute approximate surface area is 101 Å². The van der Waals surface area contributed by atoms with Gasteiger partial charge in [-0.25, -0.2) is 25.0 Å². The fourth-order valence-corrected chi connectivity index (χ4v) is 0.831. The molecule has 0 bridgehead atoms. The number of hydrogen-bond acceptors (Lipinski definition) is 9. The molecule has 0 radical (unpaired) electrons. The lowest BCUT2D eigenvalue weighted by Gasteiger charge is -2.03. The van der Waals surface area contributed by atoms with Gasteiger partial charge in [0.2, 0.25) is 11.9 Å². The first kappa shape index (κ1) is 13.5. The predicted molar refractivity (Wildman–Crippen MR) is 53.3 cm³/mol. The van der Waals surface area contributed by atoms with Gasteiger partial charge in [0.1, 0.15) is 5.10 Å². The van der Waals surface area contributed by atoms with E-state index >= 15 is 0 Å². The van der Waals surface area contributed by atoms with E-state index in [1.165, 1.54) is 5.43 Å². The van der Waals surface area contributed by atoms with Crippen LogP contribution in [-0.2, 0) is 0 Å². The molecule has 5 N–H and O–H groups in total. The van der Waals surface area contributed by atoms with E-state index in [1.807, 2.05) is 0 Å². The lowest BCUT2D eigenvalue weighted by molar-refractivity contribution is -0.527. The molecule has 0 atom stereocenters. The van der Waals surface area contributed by atoms with Gasteiger partial charge in [0.15, 0.2) is 10.1 Å². The number of urea groups is 1. The molecular formula is C4H5N9O6. The van der Waals surface area contributed by atoms with E-state index in [1.54, 1.807) is 5.32 Å². The highest BCUT2D eigenvalue weighted by molar-refractivity contribution is 5.86. The summed E-state index contributed by atoms with van der Waals surface area (Å²) in [7, 11) is 0. The molecular weight excluding hydrogens is 270 g/mol. The molecule has 1 aromatic rings. The number of aromatic nitrogens is 3. The van der Waals surface area contributed by atoms with Crippen LogP contribution in [0.15, 0.2) is 5.10 Å². The predicted octanol–water partition coefficient (Wildman–Crippen LogP) is -2.50. The van der Waals surface area contributed by atoms with E-state index in [0.717, 1.165) is 0 Å². The summed E-state index contributed by atoms with van der Waals surface area (Å²) in [5.41, 5.74) is 5.46. The minimum absolute atomic E-state index is 0.0145. The highest BCUT2D eigenvalue weighted by Gasteiger charge is 2.13. The van der Waals surface area contributed by atoms with Crippen LogP contribution < -0.4 is 22.1 Å². The third-order valence-corrected chi connectivity index (χ3v) is 1.42.